The van der Waals surface area contributed by atoms with Gasteiger partial charge in [0.05, 0.1) is 24.2 Å². The van der Waals surface area contributed by atoms with Crippen LogP contribution < -0.4 is 22.1 Å². The number of imidazole rings is 1. The Hall–Kier alpha value is -3.44. The first kappa shape index (κ1) is 23.2. The molecule has 7 N–H and O–H groups in total. The fraction of sp³-hybridized carbons (Fsp3) is 0.350. The summed E-state index contributed by atoms with van der Waals surface area (Å²) in [6.07, 6.45) is 0.880. The van der Waals surface area contributed by atoms with Gasteiger partial charge in [0.1, 0.15) is 5.82 Å². The Morgan fingerprint density at radius 2 is 1.94 bits per heavy atom. The fourth-order valence-corrected chi connectivity index (χ4v) is 3.38. The summed E-state index contributed by atoms with van der Waals surface area (Å²) in [4.78, 5) is 36.6. The standard InChI is InChI=1S/C20H25ClN8O3/c1-2-29-13-9-11(4-6-15(31)24-7-8-30)3-5-12(13)26-14(29)10-25-20(32)16-18(22)28-19(23)17(21)27-16/h3,5,9,30H,2,4,6-8,10H2,1H3,(H,24,31)(H,25,32)(H4,22,23,28). The van der Waals surface area contributed by atoms with E-state index >= 15 is 0 Å². The van der Waals surface area contributed by atoms with Gasteiger partial charge in [0.25, 0.3) is 5.91 Å². The van der Waals surface area contributed by atoms with Crippen LogP contribution in [0.25, 0.3) is 11.0 Å². The minimum absolute atomic E-state index is 0.0461. The van der Waals surface area contributed by atoms with Crippen LogP contribution in [0.3, 0.4) is 0 Å². The smallest absolute Gasteiger partial charge is 0.274 e. The van der Waals surface area contributed by atoms with E-state index in [2.05, 4.69) is 25.6 Å². The molecule has 12 heteroatoms. The van der Waals surface area contributed by atoms with E-state index < -0.39 is 5.91 Å². The number of carbonyl (C=O) groups excluding carboxylic acids is 2. The van der Waals surface area contributed by atoms with Crippen molar-refractivity contribution in [1.82, 2.24) is 30.2 Å². The lowest BCUT2D eigenvalue weighted by molar-refractivity contribution is -0.121. The number of aryl methyl sites for hydroxylation is 2. The van der Waals surface area contributed by atoms with Crippen molar-refractivity contribution in [3.63, 3.8) is 0 Å². The van der Waals surface area contributed by atoms with Crippen LogP contribution in [0.15, 0.2) is 18.2 Å². The number of halogens is 1. The van der Waals surface area contributed by atoms with Gasteiger partial charge in [-0.2, -0.15) is 0 Å². The average Bonchev–Trinajstić information content (AvgIpc) is 3.13. The van der Waals surface area contributed by atoms with E-state index in [9.17, 15) is 9.59 Å². The van der Waals surface area contributed by atoms with E-state index in [1.165, 1.54) is 0 Å². The van der Waals surface area contributed by atoms with Crippen molar-refractivity contribution in [2.45, 2.75) is 32.9 Å². The van der Waals surface area contributed by atoms with Crippen LogP contribution in [0.5, 0.6) is 0 Å². The molecule has 0 unspecified atom stereocenters. The van der Waals surface area contributed by atoms with E-state index in [0.29, 0.717) is 25.2 Å². The topological polar surface area (TPSA) is 174 Å². The molecule has 3 rings (SSSR count). The van der Waals surface area contributed by atoms with Gasteiger partial charge in [-0.05, 0) is 31.0 Å². The van der Waals surface area contributed by atoms with Crippen molar-refractivity contribution in [2.24, 2.45) is 0 Å². The summed E-state index contributed by atoms with van der Waals surface area (Å²) < 4.78 is 1.98. The van der Waals surface area contributed by atoms with Crippen molar-refractivity contribution in [2.75, 3.05) is 24.6 Å². The number of nitrogens with two attached hydrogens (primary N) is 2. The van der Waals surface area contributed by atoms with Gasteiger partial charge in [0.2, 0.25) is 5.91 Å². The number of nitrogens with zero attached hydrogens (tertiary/aromatic N) is 4. The van der Waals surface area contributed by atoms with E-state index in [1.807, 2.05) is 29.7 Å². The van der Waals surface area contributed by atoms with Gasteiger partial charge in [0, 0.05) is 19.5 Å². The molecule has 0 spiro atoms. The van der Waals surface area contributed by atoms with E-state index in [0.717, 1.165) is 16.6 Å². The molecule has 0 fully saturated rings. The number of benzene rings is 1. The van der Waals surface area contributed by atoms with Crippen molar-refractivity contribution < 1.29 is 14.7 Å². The molecule has 0 atom stereocenters. The largest absolute Gasteiger partial charge is 0.395 e. The summed E-state index contributed by atoms with van der Waals surface area (Å²) >= 11 is 5.85. The molecule has 0 bridgehead atoms. The number of aromatic nitrogens is 4. The molecule has 32 heavy (non-hydrogen) atoms. The predicted molar refractivity (Wildman–Crippen MR) is 121 cm³/mol. The molecular weight excluding hydrogens is 436 g/mol. The molecule has 0 aliphatic heterocycles. The minimum Gasteiger partial charge on any atom is -0.395 e. The van der Waals surface area contributed by atoms with Gasteiger partial charge in [-0.1, -0.05) is 17.7 Å². The van der Waals surface area contributed by atoms with Crippen molar-refractivity contribution in [3.8, 4) is 0 Å². The van der Waals surface area contributed by atoms with Crippen LogP contribution in [-0.4, -0.2) is 49.6 Å². The molecule has 11 nitrogen and oxygen atoms in total. The summed E-state index contributed by atoms with van der Waals surface area (Å²) in [6, 6.07) is 5.79. The maximum absolute atomic E-state index is 12.5. The zero-order valence-corrected chi connectivity index (χ0v) is 18.3. The summed E-state index contributed by atoms with van der Waals surface area (Å²) in [5, 5.41) is 14.1. The average molecular weight is 461 g/mol. The Morgan fingerprint density at radius 1 is 1.16 bits per heavy atom. The second kappa shape index (κ2) is 10.2. The number of aliphatic hydroxyl groups excluding tert-OH is 1. The third-order valence-electron chi connectivity index (χ3n) is 4.81. The molecule has 0 aliphatic carbocycles. The maximum Gasteiger partial charge on any atom is 0.274 e. The third-order valence-corrected chi connectivity index (χ3v) is 5.09. The van der Waals surface area contributed by atoms with Gasteiger partial charge >= 0.3 is 0 Å². The number of nitrogens with one attached hydrogen (secondary N) is 2. The van der Waals surface area contributed by atoms with Crippen LogP contribution >= 0.6 is 11.6 Å². The lowest BCUT2D eigenvalue weighted by Crippen LogP contribution is -2.27. The van der Waals surface area contributed by atoms with Gasteiger partial charge in [-0.25, -0.2) is 15.0 Å². The predicted octanol–water partition coefficient (Wildman–Crippen LogP) is 0.635. The number of anilines is 2. The minimum atomic E-state index is -0.541. The number of aliphatic hydroxyl groups is 1. The van der Waals surface area contributed by atoms with E-state index in [-0.39, 0.29) is 48.1 Å². The first-order chi connectivity index (χ1) is 15.3. The lowest BCUT2D eigenvalue weighted by Gasteiger charge is -2.09. The van der Waals surface area contributed by atoms with E-state index in [1.54, 1.807) is 0 Å². The Kier molecular flexibility index (Phi) is 7.44. The van der Waals surface area contributed by atoms with Gasteiger partial charge in [0.15, 0.2) is 22.5 Å². The molecule has 0 radical (unpaired) electrons. The Bertz CT molecular complexity index is 1150. The van der Waals surface area contributed by atoms with Gasteiger partial charge in [-0.15, -0.1) is 0 Å². The quantitative estimate of drug-likeness (QED) is 0.309. The first-order valence-corrected chi connectivity index (χ1v) is 10.4. The van der Waals surface area contributed by atoms with Crippen LogP contribution in [-0.2, 0) is 24.3 Å². The summed E-state index contributed by atoms with van der Waals surface area (Å²) in [7, 11) is 0. The molecule has 0 saturated carbocycles. The molecule has 1 aromatic carbocycles. The maximum atomic E-state index is 12.5. The lowest BCUT2D eigenvalue weighted by atomic mass is 10.1. The molecule has 0 saturated heterocycles. The molecule has 3 aromatic rings. The molecule has 2 aromatic heterocycles. The van der Waals surface area contributed by atoms with Crippen LogP contribution in [0.4, 0.5) is 11.6 Å². The number of amides is 2. The second-order valence-corrected chi connectivity index (χ2v) is 7.34. The number of carbonyl (C=O) groups is 2. The zero-order chi connectivity index (χ0) is 23.3. The molecule has 2 amide bonds. The van der Waals surface area contributed by atoms with Crippen LogP contribution in [0, 0.1) is 0 Å². The van der Waals surface area contributed by atoms with Crippen molar-refractivity contribution in [1.29, 1.82) is 0 Å². The summed E-state index contributed by atoms with van der Waals surface area (Å²) in [5.74, 6) is -0.157. The normalized spacial score (nSPS) is 11.0. The fourth-order valence-electron chi connectivity index (χ4n) is 3.25. The third kappa shape index (κ3) is 5.24. The Balaban J connectivity index is 1.74. The monoisotopic (exact) mass is 460 g/mol. The zero-order valence-electron chi connectivity index (χ0n) is 17.6. The number of fused-ring (bicyclic) bond motifs is 1. The highest BCUT2D eigenvalue weighted by Crippen LogP contribution is 2.20. The van der Waals surface area contributed by atoms with E-state index in [4.69, 9.17) is 28.2 Å². The summed E-state index contributed by atoms with van der Waals surface area (Å²) in [6.45, 7) is 2.92. The van der Waals surface area contributed by atoms with Crippen LogP contribution in [0.2, 0.25) is 5.15 Å². The highest BCUT2D eigenvalue weighted by Gasteiger charge is 2.17. The molecule has 2 heterocycles. The Labute approximate surface area is 189 Å². The highest BCUT2D eigenvalue weighted by atomic mass is 35.5. The van der Waals surface area contributed by atoms with Crippen LogP contribution in [0.1, 0.15) is 35.2 Å². The first-order valence-electron chi connectivity index (χ1n) is 10.1. The second-order valence-electron chi connectivity index (χ2n) is 6.99. The van der Waals surface area contributed by atoms with Gasteiger partial charge in [-0.3, -0.25) is 9.59 Å². The number of hydrogen-bond donors (Lipinski definition) is 5. The van der Waals surface area contributed by atoms with Gasteiger partial charge < -0.3 is 31.8 Å². The number of hydrogen-bond acceptors (Lipinski definition) is 8. The molecular formula is C20H25ClN8O3. The van der Waals surface area contributed by atoms with Crippen molar-refractivity contribution in [3.05, 3.63) is 40.4 Å². The number of rotatable bonds is 9. The highest BCUT2D eigenvalue weighted by molar-refractivity contribution is 6.31. The van der Waals surface area contributed by atoms with Crippen molar-refractivity contribution >= 4 is 46.1 Å². The molecule has 0 aliphatic rings. The Morgan fingerprint density at radius 3 is 2.66 bits per heavy atom. The summed E-state index contributed by atoms with van der Waals surface area (Å²) in [5.41, 5.74) is 13.8. The SMILES string of the molecule is CCn1c(CNC(=O)c2nc(Cl)c(N)nc2N)nc2ccc(CCC(=O)NCCO)cc21. The molecule has 170 valence electrons. The number of nitrogen functional groups attached to an aromatic ring is 2.